The Labute approximate surface area is 167 Å². The average Bonchev–Trinajstić information content (AvgIpc) is 2.60. The highest BCUT2D eigenvalue weighted by molar-refractivity contribution is 6.30. The van der Waals surface area contributed by atoms with Gasteiger partial charge < -0.3 is 14.8 Å². The zero-order valence-corrected chi connectivity index (χ0v) is 16.4. The Morgan fingerprint density at radius 1 is 1.11 bits per heavy atom. The number of amides is 2. The van der Waals surface area contributed by atoms with Crippen LogP contribution in [0.3, 0.4) is 0 Å². The predicted molar refractivity (Wildman–Crippen MR) is 104 cm³/mol. The second-order valence-electron chi connectivity index (χ2n) is 6.69. The Morgan fingerprint density at radius 3 is 2.50 bits per heavy atom. The van der Waals surface area contributed by atoms with Gasteiger partial charge in [-0.3, -0.25) is 10.1 Å². The van der Waals surface area contributed by atoms with E-state index in [-0.39, 0.29) is 11.4 Å². The van der Waals surface area contributed by atoms with Crippen LogP contribution in [-0.4, -0.2) is 35.2 Å². The van der Waals surface area contributed by atoms with Crippen molar-refractivity contribution < 1.29 is 23.9 Å². The molecular weight excluding hydrogens is 386 g/mol. The summed E-state index contributed by atoms with van der Waals surface area (Å²) in [5.74, 6) is -0.979. The van der Waals surface area contributed by atoms with E-state index in [0.29, 0.717) is 10.7 Å². The Bertz CT molecular complexity index is 863. The number of anilines is 2. The molecule has 0 aliphatic carbocycles. The number of nitrogens with zero attached hydrogens (tertiary/aromatic N) is 1. The highest BCUT2D eigenvalue weighted by Gasteiger charge is 2.17. The molecule has 0 aliphatic heterocycles. The van der Waals surface area contributed by atoms with Gasteiger partial charge in [-0.15, -0.1) is 0 Å². The predicted octanol–water partition coefficient (Wildman–Crippen LogP) is 3.88. The molecule has 0 saturated heterocycles. The molecule has 2 aromatic rings. The van der Waals surface area contributed by atoms with Crippen LogP contribution in [0.25, 0.3) is 0 Å². The fourth-order valence-electron chi connectivity index (χ4n) is 1.99. The molecule has 2 N–H and O–H groups in total. The molecule has 148 valence electrons. The lowest BCUT2D eigenvalue weighted by Gasteiger charge is -2.19. The number of ether oxygens (including phenoxy) is 2. The number of nitrogens with one attached hydrogen (secondary N) is 2. The summed E-state index contributed by atoms with van der Waals surface area (Å²) in [6, 6.07) is 9.18. The second kappa shape index (κ2) is 9.18. The minimum absolute atomic E-state index is 0.172. The van der Waals surface area contributed by atoms with Crippen molar-refractivity contribution in [3.05, 3.63) is 53.2 Å². The molecule has 0 saturated carbocycles. The first-order valence-electron chi connectivity index (χ1n) is 8.31. The molecule has 2 rings (SSSR count). The number of hydrogen-bond acceptors (Lipinski definition) is 6. The number of halogens is 1. The first-order valence-corrected chi connectivity index (χ1v) is 8.69. The minimum atomic E-state index is -0.716. The van der Waals surface area contributed by atoms with Crippen molar-refractivity contribution >= 4 is 41.1 Å². The topological polar surface area (TPSA) is 107 Å². The number of rotatable bonds is 5. The third-order valence-corrected chi connectivity index (χ3v) is 3.30. The van der Waals surface area contributed by atoms with Gasteiger partial charge in [-0.1, -0.05) is 17.7 Å². The van der Waals surface area contributed by atoms with Crippen molar-refractivity contribution in [3.8, 4) is 0 Å². The first-order chi connectivity index (χ1) is 13.1. The van der Waals surface area contributed by atoms with Crippen LogP contribution in [0.15, 0.2) is 42.6 Å². The van der Waals surface area contributed by atoms with Gasteiger partial charge >= 0.3 is 12.1 Å². The summed E-state index contributed by atoms with van der Waals surface area (Å²) < 4.78 is 10.1. The molecule has 8 nitrogen and oxygen atoms in total. The highest BCUT2D eigenvalue weighted by atomic mass is 35.5. The zero-order valence-electron chi connectivity index (χ0n) is 15.6. The van der Waals surface area contributed by atoms with Gasteiger partial charge in [0.05, 0.1) is 10.6 Å². The van der Waals surface area contributed by atoms with Crippen LogP contribution in [-0.2, 0) is 14.3 Å². The molecule has 0 aliphatic rings. The van der Waals surface area contributed by atoms with Crippen LogP contribution in [0.4, 0.5) is 16.3 Å². The fraction of sp³-hybridized carbons (Fsp3) is 0.263. The van der Waals surface area contributed by atoms with Crippen molar-refractivity contribution in [2.45, 2.75) is 26.4 Å². The zero-order chi connectivity index (χ0) is 20.7. The van der Waals surface area contributed by atoms with Gasteiger partial charge in [0.25, 0.3) is 5.91 Å². The van der Waals surface area contributed by atoms with E-state index in [4.69, 9.17) is 21.1 Å². The van der Waals surface area contributed by atoms with E-state index in [0.717, 1.165) is 0 Å². The molecule has 1 heterocycles. The largest absolute Gasteiger partial charge is 0.452 e. The van der Waals surface area contributed by atoms with E-state index in [1.165, 1.54) is 24.4 Å². The van der Waals surface area contributed by atoms with Crippen molar-refractivity contribution in [2.75, 3.05) is 17.2 Å². The maximum Gasteiger partial charge on any atom is 0.412 e. The van der Waals surface area contributed by atoms with Crippen LogP contribution in [0.5, 0.6) is 0 Å². The molecule has 0 radical (unpaired) electrons. The third kappa shape index (κ3) is 7.24. The average molecular weight is 406 g/mol. The van der Waals surface area contributed by atoms with Gasteiger partial charge in [0.1, 0.15) is 11.4 Å². The summed E-state index contributed by atoms with van der Waals surface area (Å²) in [6.07, 6.45) is 0.736. The van der Waals surface area contributed by atoms with Gasteiger partial charge in [-0.2, -0.15) is 0 Å². The maximum absolute atomic E-state index is 12.1. The molecule has 0 spiro atoms. The Balaban J connectivity index is 1.89. The summed E-state index contributed by atoms with van der Waals surface area (Å²) in [5, 5.41) is 5.44. The van der Waals surface area contributed by atoms with E-state index < -0.39 is 30.2 Å². The second-order valence-corrected chi connectivity index (χ2v) is 7.13. The van der Waals surface area contributed by atoms with Crippen LogP contribution in [0, 0.1) is 0 Å². The van der Waals surface area contributed by atoms with E-state index in [2.05, 4.69) is 15.6 Å². The lowest BCUT2D eigenvalue weighted by atomic mass is 10.2. The van der Waals surface area contributed by atoms with Crippen LogP contribution in [0.1, 0.15) is 31.1 Å². The molecular formula is C19H20ClN3O5. The van der Waals surface area contributed by atoms with Crippen molar-refractivity contribution in [2.24, 2.45) is 0 Å². The van der Waals surface area contributed by atoms with Gasteiger partial charge in [0, 0.05) is 11.9 Å². The number of esters is 1. The van der Waals surface area contributed by atoms with Crippen molar-refractivity contribution in [1.29, 1.82) is 0 Å². The molecule has 28 heavy (non-hydrogen) atoms. The molecule has 0 fully saturated rings. The van der Waals surface area contributed by atoms with Crippen molar-refractivity contribution in [1.82, 2.24) is 4.98 Å². The van der Waals surface area contributed by atoms with E-state index >= 15 is 0 Å². The van der Waals surface area contributed by atoms with E-state index in [1.807, 2.05) is 0 Å². The molecule has 0 atom stereocenters. The Morgan fingerprint density at radius 2 is 1.86 bits per heavy atom. The fourth-order valence-corrected chi connectivity index (χ4v) is 2.10. The van der Waals surface area contributed by atoms with E-state index in [9.17, 15) is 14.4 Å². The minimum Gasteiger partial charge on any atom is -0.452 e. The molecule has 0 bridgehead atoms. The summed E-state index contributed by atoms with van der Waals surface area (Å²) in [5.41, 5.74) is -0.114. The number of pyridine rings is 1. The summed E-state index contributed by atoms with van der Waals surface area (Å²) in [4.78, 5) is 39.7. The van der Waals surface area contributed by atoms with E-state index in [1.54, 1.807) is 39.0 Å². The third-order valence-electron chi connectivity index (χ3n) is 3.07. The standard InChI is InChI=1S/C19H20ClN3O5/c1-19(2,3)28-18(26)22-14-6-4-5-12(9-14)17(25)27-11-16(24)23-15-8-7-13(20)10-21-15/h4-10H,11H2,1-3H3,(H,22,26)(H,21,23,24). The monoisotopic (exact) mass is 405 g/mol. The lowest BCUT2D eigenvalue weighted by Crippen LogP contribution is -2.27. The maximum atomic E-state index is 12.1. The molecule has 1 aromatic heterocycles. The Kier molecular flexibility index (Phi) is 6.94. The molecule has 1 aromatic carbocycles. The van der Waals surface area contributed by atoms with Crippen molar-refractivity contribution in [3.63, 3.8) is 0 Å². The van der Waals surface area contributed by atoms with Crippen LogP contribution < -0.4 is 10.6 Å². The van der Waals surface area contributed by atoms with Crippen LogP contribution in [0.2, 0.25) is 5.02 Å². The normalized spacial score (nSPS) is 10.7. The van der Waals surface area contributed by atoms with Gasteiger partial charge in [-0.25, -0.2) is 14.6 Å². The SMILES string of the molecule is CC(C)(C)OC(=O)Nc1cccc(C(=O)OCC(=O)Nc2ccc(Cl)cn2)c1. The number of aromatic nitrogens is 1. The smallest absolute Gasteiger partial charge is 0.412 e. The summed E-state index contributed by atoms with van der Waals surface area (Å²) >= 11 is 5.72. The number of hydrogen-bond donors (Lipinski definition) is 2. The molecule has 2 amide bonds. The first kappa shape index (κ1) is 21.2. The number of carbonyl (C=O) groups is 3. The molecule has 0 unspecified atom stereocenters. The Hall–Kier alpha value is -3.13. The molecule has 9 heteroatoms. The highest BCUT2D eigenvalue weighted by Crippen LogP contribution is 2.15. The van der Waals surface area contributed by atoms with Gasteiger partial charge in [0.15, 0.2) is 6.61 Å². The van der Waals surface area contributed by atoms with Gasteiger partial charge in [0.2, 0.25) is 0 Å². The quantitative estimate of drug-likeness (QED) is 0.731. The lowest BCUT2D eigenvalue weighted by molar-refractivity contribution is -0.119. The summed E-state index contributed by atoms with van der Waals surface area (Å²) in [6.45, 7) is 4.73. The summed E-state index contributed by atoms with van der Waals surface area (Å²) in [7, 11) is 0. The number of benzene rings is 1. The number of carbonyl (C=O) groups excluding carboxylic acids is 3. The van der Waals surface area contributed by atoms with Gasteiger partial charge in [-0.05, 0) is 51.1 Å². The van der Waals surface area contributed by atoms with Crippen LogP contribution >= 0.6 is 11.6 Å².